The van der Waals surface area contributed by atoms with E-state index in [1.807, 2.05) is 38.2 Å². The smallest absolute Gasteiger partial charge is 0.269 e. The summed E-state index contributed by atoms with van der Waals surface area (Å²) in [5.74, 6) is 1.43. The molecule has 0 spiro atoms. The zero-order chi connectivity index (χ0) is 22.2. The van der Waals surface area contributed by atoms with Crippen molar-refractivity contribution >= 4 is 34.4 Å². The normalized spacial score (nSPS) is 10.4. The number of hydrogen-bond donors (Lipinski definition) is 2. The Morgan fingerprint density at radius 1 is 1.06 bits per heavy atom. The number of nitrogens with zero attached hydrogens (tertiary/aromatic N) is 3. The van der Waals surface area contributed by atoms with Gasteiger partial charge in [0.15, 0.2) is 16.6 Å². The monoisotopic (exact) mass is 441 g/mol. The van der Waals surface area contributed by atoms with Crippen LogP contribution >= 0.6 is 12.2 Å². The van der Waals surface area contributed by atoms with Crippen LogP contribution in [-0.4, -0.2) is 33.0 Å². The predicted molar refractivity (Wildman–Crippen MR) is 123 cm³/mol. The van der Waals surface area contributed by atoms with Crippen LogP contribution in [0.15, 0.2) is 54.9 Å². The van der Waals surface area contributed by atoms with E-state index in [4.69, 9.17) is 21.7 Å². The van der Waals surface area contributed by atoms with Gasteiger partial charge in [-0.25, -0.2) is 0 Å². The van der Waals surface area contributed by atoms with Gasteiger partial charge in [0.2, 0.25) is 0 Å². The second kappa shape index (κ2) is 10.4. The quantitative estimate of drug-likeness (QED) is 0.285. The van der Waals surface area contributed by atoms with Crippen LogP contribution in [0.2, 0.25) is 0 Å². The predicted octanol–water partition coefficient (Wildman–Crippen LogP) is 4.45. The summed E-state index contributed by atoms with van der Waals surface area (Å²) in [5.41, 5.74) is 2.41. The lowest BCUT2D eigenvalue weighted by atomic mass is 10.2. The molecule has 1 heterocycles. The number of nitro groups is 1. The van der Waals surface area contributed by atoms with Gasteiger partial charge in [-0.3, -0.25) is 14.8 Å². The topological polar surface area (TPSA) is 103 Å². The molecule has 0 saturated heterocycles. The first kappa shape index (κ1) is 22.0. The van der Waals surface area contributed by atoms with Crippen molar-refractivity contribution in [3.05, 3.63) is 70.5 Å². The van der Waals surface area contributed by atoms with E-state index in [-0.39, 0.29) is 5.69 Å². The summed E-state index contributed by atoms with van der Waals surface area (Å²) in [4.78, 5) is 10.3. The molecule has 162 valence electrons. The van der Waals surface area contributed by atoms with E-state index < -0.39 is 4.92 Å². The molecule has 0 unspecified atom stereocenters. The first-order valence-electron chi connectivity index (χ1n) is 9.72. The summed E-state index contributed by atoms with van der Waals surface area (Å²) in [5, 5.41) is 21.5. The molecule has 3 aromatic rings. The van der Waals surface area contributed by atoms with Crippen molar-refractivity contribution in [2.45, 2.75) is 20.4 Å². The van der Waals surface area contributed by atoms with Crippen molar-refractivity contribution in [1.82, 2.24) is 9.78 Å². The van der Waals surface area contributed by atoms with Crippen LogP contribution in [0.25, 0.3) is 0 Å². The second-order valence-corrected chi connectivity index (χ2v) is 6.87. The van der Waals surface area contributed by atoms with Gasteiger partial charge in [0.25, 0.3) is 5.69 Å². The molecule has 0 bridgehead atoms. The number of non-ortho nitro benzene ring substituents is 1. The van der Waals surface area contributed by atoms with Gasteiger partial charge >= 0.3 is 0 Å². The van der Waals surface area contributed by atoms with Crippen LogP contribution < -0.4 is 20.1 Å². The highest BCUT2D eigenvalue weighted by Gasteiger charge is 2.09. The molecule has 0 aliphatic heterocycles. The molecule has 0 radical (unpaired) electrons. The van der Waals surface area contributed by atoms with E-state index in [9.17, 15) is 10.1 Å². The fraction of sp³-hybridized carbons (Fsp3) is 0.238. The average Bonchev–Trinajstić information content (AvgIpc) is 3.17. The Morgan fingerprint density at radius 3 is 2.42 bits per heavy atom. The van der Waals surface area contributed by atoms with E-state index >= 15 is 0 Å². The number of hydrogen-bond acceptors (Lipinski definition) is 6. The van der Waals surface area contributed by atoms with Gasteiger partial charge in [0.1, 0.15) is 0 Å². The number of thiocarbonyl (C=S) groups is 1. The van der Waals surface area contributed by atoms with Gasteiger partial charge in [0, 0.05) is 24.0 Å². The van der Waals surface area contributed by atoms with E-state index in [1.54, 1.807) is 23.0 Å². The summed E-state index contributed by atoms with van der Waals surface area (Å²) in [6.45, 7) is 5.54. The third kappa shape index (κ3) is 6.16. The summed E-state index contributed by atoms with van der Waals surface area (Å²) in [7, 11) is 0. The lowest BCUT2D eigenvalue weighted by molar-refractivity contribution is -0.384. The Labute approximate surface area is 185 Å². The summed E-state index contributed by atoms with van der Waals surface area (Å²) < 4.78 is 13.1. The lowest BCUT2D eigenvalue weighted by Crippen LogP contribution is -2.18. The van der Waals surface area contributed by atoms with E-state index in [1.165, 1.54) is 12.1 Å². The molecule has 2 aromatic carbocycles. The van der Waals surface area contributed by atoms with Crippen LogP contribution in [0.5, 0.6) is 11.5 Å². The van der Waals surface area contributed by atoms with Gasteiger partial charge in [-0.05, 0) is 55.9 Å². The van der Waals surface area contributed by atoms with Crippen molar-refractivity contribution in [3.8, 4) is 11.5 Å². The van der Waals surface area contributed by atoms with Gasteiger partial charge < -0.3 is 20.1 Å². The maximum Gasteiger partial charge on any atom is 0.269 e. The molecule has 1 aromatic heterocycles. The first-order valence-corrected chi connectivity index (χ1v) is 10.1. The number of nitro benzene ring substituents is 1. The second-order valence-electron chi connectivity index (χ2n) is 6.46. The minimum Gasteiger partial charge on any atom is -0.490 e. The molecule has 31 heavy (non-hydrogen) atoms. The molecule has 0 aliphatic carbocycles. The van der Waals surface area contributed by atoms with Crippen molar-refractivity contribution in [1.29, 1.82) is 0 Å². The fourth-order valence-corrected chi connectivity index (χ4v) is 3.09. The third-order valence-electron chi connectivity index (χ3n) is 4.18. The summed E-state index contributed by atoms with van der Waals surface area (Å²) in [6, 6.07) is 11.8. The van der Waals surface area contributed by atoms with Crippen LogP contribution in [0.1, 0.15) is 19.4 Å². The SMILES string of the molecule is CCOc1ccc(Cn2cc(NC(=S)Nc3ccc([N+](=O)[O-])cc3)cn2)cc1OCC. The number of anilines is 2. The van der Waals surface area contributed by atoms with Crippen molar-refractivity contribution in [3.63, 3.8) is 0 Å². The number of ether oxygens (including phenoxy) is 2. The number of nitrogens with one attached hydrogen (secondary N) is 2. The fourth-order valence-electron chi connectivity index (χ4n) is 2.86. The Kier molecular flexibility index (Phi) is 7.39. The van der Waals surface area contributed by atoms with Gasteiger partial charge in [-0.2, -0.15) is 5.10 Å². The summed E-state index contributed by atoms with van der Waals surface area (Å²) in [6.07, 6.45) is 3.50. The highest BCUT2D eigenvalue weighted by Crippen LogP contribution is 2.29. The highest BCUT2D eigenvalue weighted by molar-refractivity contribution is 7.80. The molecule has 0 atom stereocenters. The standard InChI is InChI=1S/C21H23N5O4S/c1-3-29-19-10-5-15(11-20(19)30-4-2)13-25-14-17(12-22-25)24-21(31)23-16-6-8-18(9-7-16)26(27)28/h5-12,14H,3-4,13H2,1-2H3,(H2,23,24,31). The lowest BCUT2D eigenvalue weighted by Gasteiger charge is -2.12. The van der Waals surface area contributed by atoms with Crippen molar-refractivity contribution in [2.24, 2.45) is 0 Å². The minimum atomic E-state index is -0.448. The van der Waals surface area contributed by atoms with E-state index in [0.29, 0.717) is 36.3 Å². The minimum absolute atomic E-state index is 0.0208. The Balaban J connectivity index is 1.60. The van der Waals surface area contributed by atoms with Crippen LogP contribution in [-0.2, 0) is 6.54 Å². The molecule has 0 fully saturated rings. The van der Waals surface area contributed by atoms with Gasteiger partial charge in [-0.1, -0.05) is 6.07 Å². The van der Waals surface area contributed by atoms with Crippen LogP contribution in [0.3, 0.4) is 0 Å². The van der Waals surface area contributed by atoms with Crippen molar-refractivity contribution in [2.75, 3.05) is 23.8 Å². The van der Waals surface area contributed by atoms with E-state index in [0.717, 1.165) is 17.0 Å². The van der Waals surface area contributed by atoms with Gasteiger partial charge in [-0.15, -0.1) is 0 Å². The molecule has 0 aliphatic rings. The van der Waals surface area contributed by atoms with Crippen molar-refractivity contribution < 1.29 is 14.4 Å². The Hall–Kier alpha value is -3.66. The summed E-state index contributed by atoms with van der Waals surface area (Å²) >= 11 is 5.30. The molecular weight excluding hydrogens is 418 g/mol. The van der Waals surface area contributed by atoms with Gasteiger partial charge in [0.05, 0.1) is 36.6 Å². The Bertz CT molecular complexity index is 1050. The molecule has 9 nitrogen and oxygen atoms in total. The van der Waals surface area contributed by atoms with E-state index in [2.05, 4.69) is 15.7 Å². The molecule has 2 N–H and O–H groups in total. The van der Waals surface area contributed by atoms with Crippen LogP contribution in [0.4, 0.5) is 17.1 Å². The first-order chi connectivity index (χ1) is 15.0. The Morgan fingerprint density at radius 2 is 1.74 bits per heavy atom. The average molecular weight is 442 g/mol. The molecule has 3 rings (SSSR count). The molecule has 10 heteroatoms. The number of aromatic nitrogens is 2. The maximum absolute atomic E-state index is 10.7. The zero-order valence-electron chi connectivity index (χ0n) is 17.2. The zero-order valence-corrected chi connectivity index (χ0v) is 18.0. The molecule has 0 amide bonds. The van der Waals surface area contributed by atoms with Crippen LogP contribution in [0, 0.1) is 10.1 Å². The number of benzene rings is 2. The number of rotatable bonds is 9. The highest BCUT2D eigenvalue weighted by atomic mass is 32.1. The maximum atomic E-state index is 10.7. The molecule has 0 saturated carbocycles. The third-order valence-corrected chi connectivity index (χ3v) is 4.38. The molecular formula is C21H23N5O4S. The largest absolute Gasteiger partial charge is 0.490 e.